The Hall–Kier alpha value is -3.23. The zero-order valence-corrected chi connectivity index (χ0v) is 14.2. The molecule has 0 aliphatic heterocycles. The molecule has 0 saturated carbocycles. The summed E-state index contributed by atoms with van der Waals surface area (Å²) in [6, 6.07) is 19.2. The van der Waals surface area contributed by atoms with Gasteiger partial charge in [0.15, 0.2) is 0 Å². The summed E-state index contributed by atoms with van der Waals surface area (Å²) < 4.78 is 6.04. The van der Waals surface area contributed by atoms with Gasteiger partial charge in [-0.1, -0.05) is 30.3 Å². The van der Waals surface area contributed by atoms with Crippen LogP contribution in [-0.2, 0) is 0 Å². The highest BCUT2D eigenvalue weighted by molar-refractivity contribution is 7.17. The molecule has 0 saturated heterocycles. The first-order valence-corrected chi connectivity index (χ1v) is 8.62. The van der Waals surface area contributed by atoms with Crippen LogP contribution in [-0.4, -0.2) is 9.97 Å². The molecule has 2 aromatic carbocycles. The molecule has 0 radical (unpaired) electrons. The molecule has 2 heterocycles. The lowest BCUT2D eigenvalue weighted by Crippen LogP contribution is -1.94. The first-order valence-electron chi connectivity index (χ1n) is 7.74. The normalized spacial score (nSPS) is 10.6. The van der Waals surface area contributed by atoms with Crippen molar-refractivity contribution < 1.29 is 4.74 Å². The second-order valence-electron chi connectivity index (χ2n) is 5.51. The second-order valence-corrected chi connectivity index (χ2v) is 6.37. The quantitative estimate of drug-likeness (QED) is 0.504. The third-order valence-electron chi connectivity index (χ3n) is 3.79. The van der Waals surface area contributed by atoms with E-state index in [0.717, 1.165) is 21.3 Å². The van der Waals surface area contributed by atoms with Crippen LogP contribution in [0.5, 0.6) is 11.6 Å². The van der Waals surface area contributed by atoms with Gasteiger partial charge in [0.25, 0.3) is 0 Å². The second kappa shape index (κ2) is 6.34. The maximum absolute atomic E-state index is 8.92. The zero-order chi connectivity index (χ0) is 17.2. The fourth-order valence-electron chi connectivity index (χ4n) is 2.62. The standard InChI is InChI=1S/C20H13N3OS/c1-13-22-19(24-16-9-7-14(11-21)8-10-16)18-17(12-25-20(18)23-13)15-5-3-2-4-6-15/h2-10,12H,1H3. The fraction of sp³-hybridized carbons (Fsp3) is 0.0500. The Kier molecular flexibility index (Phi) is 3.88. The van der Waals surface area contributed by atoms with Crippen molar-refractivity contribution in [2.45, 2.75) is 6.92 Å². The first kappa shape index (κ1) is 15.3. The van der Waals surface area contributed by atoms with E-state index >= 15 is 0 Å². The van der Waals surface area contributed by atoms with E-state index < -0.39 is 0 Å². The summed E-state index contributed by atoms with van der Waals surface area (Å²) in [6.45, 7) is 1.85. The molecule has 25 heavy (non-hydrogen) atoms. The Labute approximate surface area is 149 Å². The molecule has 5 heteroatoms. The van der Waals surface area contributed by atoms with Gasteiger partial charge >= 0.3 is 0 Å². The van der Waals surface area contributed by atoms with Crippen molar-refractivity contribution >= 4 is 21.6 Å². The van der Waals surface area contributed by atoms with Crippen LogP contribution in [0.3, 0.4) is 0 Å². The molecule has 0 bridgehead atoms. The third-order valence-corrected chi connectivity index (χ3v) is 4.67. The summed E-state index contributed by atoms with van der Waals surface area (Å²) in [7, 11) is 0. The molecule has 0 fully saturated rings. The molecule has 0 atom stereocenters. The Balaban J connectivity index is 1.84. The van der Waals surface area contributed by atoms with Crippen molar-refractivity contribution in [3.05, 3.63) is 71.4 Å². The van der Waals surface area contributed by atoms with Crippen molar-refractivity contribution in [3.63, 3.8) is 0 Å². The van der Waals surface area contributed by atoms with Gasteiger partial charge in [-0.3, -0.25) is 0 Å². The number of aryl methyl sites for hydroxylation is 1. The molecular weight excluding hydrogens is 330 g/mol. The van der Waals surface area contributed by atoms with Gasteiger partial charge in [-0.2, -0.15) is 10.2 Å². The lowest BCUT2D eigenvalue weighted by molar-refractivity contribution is 0.467. The van der Waals surface area contributed by atoms with Crippen molar-refractivity contribution in [1.82, 2.24) is 9.97 Å². The predicted octanol–water partition coefficient (Wildman–Crippen LogP) is 5.33. The van der Waals surface area contributed by atoms with E-state index in [1.807, 2.05) is 25.1 Å². The summed E-state index contributed by atoms with van der Waals surface area (Å²) in [5.41, 5.74) is 2.76. The van der Waals surface area contributed by atoms with Crippen LogP contribution in [0.4, 0.5) is 0 Å². The largest absolute Gasteiger partial charge is 0.438 e. The average molecular weight is 343 g/mol. The molecular formula is C20H13N3OS. The monoisotopic (exact) mass is 343 g/mol. The molecule has 120 valence electrons. The fourth-order valence-corrected chi connectivity index (χ4v) is 3.61. The lowest BCUT2D eigenvalue weighted by atomic mass is 10.1. The van der Waals surface area contributed by atoms with Gasteiger partial charge in [0.05, 0.1) is 17.0 Å². The van der Waals surface area contributed by atoms with Crippen LogP contribution in [0.1, 0.15) is 11.4 Å². The minimum atomic E-state index is 0.535. The van der Waals surface area contributed by atoms with Crippen molar-refractivity contribution in [2.75, 3.05) is 0 Å². The topological polar surface area (TPSA) is 58.8 Å². The lowest BCUT2D eigenvalue weighted by Gasteiger charge is -2.08. The van der Waals surface area contributed by atoms with Gasteiger partial charge in [-0.05, 0) is 36.8 Å². The van der Waals surface area contributed by atoms with Crippen LogP contribution >= 0.6 is 11.3 Å². The van der Waals surface area contributed by atoms with Gasteiger partial charge in [-0.15, -0.1) is 11.3 Å². The molecule has 0 spiro atoms. The van der Waals surface area contributed by atoms with Crippen LogP contribution in [0, 0.1) is 18.3 Å². The third kappa shape index (κ3) is 2.95. The average Bonchev–Trinajstić information content (AvgIpc) is 3.07. The molecule has 4 rings (SSSR count). The summed E-state index contributed by atoms with van der Waals surface area (Å²) in [5.74, 6) is 1.84. The molecule has 4 nitrogen and oxygen atoms in total. The maximum atomic E-state index is 8.92. The molecule has 2 aromatic heterocycles. The highest BCUT2D eigenvalue weighted by atomic mass is 32.1. The van der Waals surface area contributed by atoms with Gasteiger partial charge in [-0.25, -0.2) is 4.98 Å². The van der Waals surface area contributed by atoms with Crippen LogP contribution < -0.4 is 4.74 Å². The van der Waals surface area contributed by atoms with E-state index in [1.54, 1.807) is 35.6 Å². The van der Waals surface area contributed by atoms with Crippen LogP contribution in [0.25, 0.3) is 21.3 Å². The molecule has 4 aromatic rings. The Morgan fingerprint density at radius 3 is 2.48 bits per heavy atom. The summed E-state index contributed by atoms with van der Waals surface area (Å²) in [5, 5.41) is 11.9. The molecule has 0 aliphatic carbocycles. The minimum Gasteiger partial charge on any atom is -0.438 e. The number of nitrogens with zero attached hydrogens (tertiary/aromatic N) is 3. The van der Waals surface area contributed by atoms with E-state index in [9.17, 15) is 0 Å². The molecule has 0 aliphatic rings. The predicted molar refractivity (Wildman–Crippen MR) is 98.8 cm³/mol. The summed E-state index contributed by atoms with van der Waals surface area (Å²) in [4.78, 5) is 9.94. The van der Waals surface area contributed by atoms with Gasteiger partial charge in [0.1, 0.15) is 16.4 Å². The van der Waals surface area contributed by atoms with Gasteiger partial charge in [0, 0.05) is 10.9 Å². The molecule has 0 N–H and O–H groups in total. The smallest absolute Gasteiger partial charge is 0.231 e. The number of hydrogen-bond donors (Lipinski definition) is 0. The van der Waals surface area contributed by atoms with E-state index in [4.69, 9.17) is 10.00 Å². The SMILES string of the molecule is Cc1nc(Oc2ccc(C#N)cc2)c2c(-c3ccccc3)csc2n1. The number of fused-ring (bicyclic) bond motifs is 1. The van der Waals surface area contributed by atoms with E-state index in [2.05, 4.69) is 33.5 Å². The van der Waals surface area contributed by atoms with Gasteiger partial charge in [0.2, 0.25) is 5.88 Å². The number of nitriles is 1. The number of thiophene rings is 1. The number of aromatic nitrogens is 2. The van der Waals surface area contributed by atoms with Crippen molar-refractivity contribution in [1.29, 1.82) is 5.26 Å². The molecule has 0 amide bonds. The Bertz CT molecular complexity index is 1080. The first-order chi connectivity index (χ1) is 12.2. The highest BCUT2D eigenvalue weighted by Gasteiger charge is 2.16. The van der Waals surface area contributed by atoms with E-state index in [1.165, 1.54) is 0 Å². The summed E-state index contributed by atoms with van der Waals surface area (Å²) in [6.07, 6.45) is 0. The van der Waals surface area contributed by atoms with Crippen LogP contribution in [0.2, 0.25) is 0 Å². The van der Waals surface area contributed by atoms with E-state index in [0.29, 0.717) is 23.0 Å². The number of benzene rings is 2. The minimum absolute atomic E-state index is 0.535. The Morgan fingerprint density at radius 1 is 1.00 bits per heavy atom. The maximum Gasteiger partial charge on any atom is 0.231 e. The summed E-state index contributed by atoms with van der Waals surface area (Å²) >= 11 is 1.58. The Morgan fingerprint density at radius 2 is 1.76 bits per heavy atom. The van der Waals surface area contributed by atoms with E-state index in [-0.39, 0.29) is 0 Å². The number of hydrogen-bond acceptors (Lipinski definition) is 5. The van der Waals surface area contributed by atoms with Crippen molar-refractivity contribution in [3.8, 4) is 28.8 Å². The highest BCUT2D eigenvalue weighted by Crippen LogP contribution is 2.39. The molecule has 0 unspecified atom stereocenters. The number of rotatable bonds is 3. The zero-order valence-electron chi connectivity index (χ0n) is 13.4. The van der Waals surface area contributed by atoms with Gasteiger partial charge < -0.3 is 4.74 Å². The number of ether oxygens (including phenoxy) is 1. The van der Waals surface area contributed by atoms with Crippen molar-refractivity contribution in [2.24, 2.45) is 0 Å². The van der Waals surface area contributed by atoms with Crippen LogP contribution in [0.15, 0.2) is 60.0 Å².